The number of halogens is 1. The molecular formula is C14H18FN3. The highest BCUT2D eigenvalue weighted by molar-refractivity contribution is 5.26. The van der Waals surface area contributed by atoms with Gasteiger partial charge in [0.1, 0.15) is 5.82 Å². The third-order valence-corrected chi connectivity index (χ3v) is 2.91. The third-order valence-electron chi connectivity index (χ3n) is 2.91. The van der Waals surface area contributed by atoms with Crippen molar-refractivity contribution in [2.75, 3.05) is 6.54 Å². The SMILES string of the molecule is CCNCc1cnn(Cc2cc(F)ccc2C)c1. The maximum Gasteiger partial charge on any atom is 0.123 e. The van der Waals surface area contributed by atoms with Crippen LogP contribution >= 0.6 is 0 Å². The first-order valence-electron chi connectivity index (χ1n) is 6.16. The molecule has 0 saturated carbocycles. The average Bonchev–Trinajstić information content (AvgIpc) is 2.79. The molecule has 0 atom stereocenters. The predicted octanol–water partition coefficient (Wildman–Crippen LogP) is 2.49. The molecule has 1 heterocycles. The molecule has 3 nitrogen and oxygen atoms in total. The molecule has 0 aliphatic heterocycles. The Kier molecular flexibility index (Phi) is 4.10. The summed E-state index contributed by atoms with van der Waals surface area (Å²) in [5.74, 6) is -0.198. The molecule has 0 bridgehead atoms. The van der Waals surface area contributed by atoms with Gasteiger partial charge in [-0.1, -0.05) is 13.0 Å². The van der Waals surface area contributed by atoms with E-state index in [1.54, 1.807) is 12.1 Å². The van der Waals surface area contributed by atoms with E-state index in [1.165, 1.54) is 6.07 Å². The summed E-state index contributed by atoms with van der Waals surface area (Å²) in [5.41, 5.74) is 3.19. The van der Waals surface area contributed by atoms with Crippen LogP contribution in [0.4, 0.5) is 4.39 Å². The van der Waals surface area contributed by atoms with Crippen molar-refractivity contribution in [2.45, 2.75) is 26.9 Å². The Balaban J connectivity index is 2.08. The lowest BCUT2D eigenvalue weighted by molar-refractivity contribution is 0.617. The topological polar surface area (TPSA) is 29.9 Å². The number of benzene rings is 1. The maximum atomic E-state index is 13.2. The molecular weight excluding hydrogens is 229 g/mol. The van der Waals surface area contributed by atoms with Gasteiger partial charge >= 0.3 is 0 Å². The van der Waals surface area contributed by atoms with E-state index < -0.39 is 0 Å². The first kappa shape index (κ1) is 12.8. The molecule has 2 aromatic rings. The van der Waals surface area contributed by atoms with Crippen molar-refractivity contribution in [3.8, 4) is 0 Å². The van der Waals surface area contributed by atoms with Crippen LogP contribution in [0.3, 0.4) is 0 Å². The molecule has 1 aromatic heterocycles. The Bertz CT molecular complexity index is 520. The Morgan fingerprint density at radius 2 is 2.22 bits per heavy atom. The molecule has 0 spiro atoms. The van der Waals surface area contributed by atoms with E-state index in [0.717, 1.165) is 29.8 Å². The van der Waals surface area contributed by atoms with Crippen LogP contribution in [-0.4, -0.2) is 16.3 Å². The summed E-state index contributed by atoms with van der Waals surface area (Å²) in [5, 5.41) is 7.54. The van der Waals surface area contributed by atoms with E-state index in [1.807, 2.05) is 24.0 Å². The van der Waals surface area contributed by atoms with Crippen LogP contribution < -0.4 is 5.32 Å². The minimum atomic E-state index is -0.198. The molecule has 2 rings (SSSR count). The number of nitrogens with one attached hydrogen (secondary N) is 1. The van der Waals surface area contributed by atoms with Gasteiger partial charge in [-0.05, 0) is 36.7 Å². The van der Waals surface area contributed by atoms with Gasteiger partial charge in [-0.25, -0.2) is 4.39 Å². The fraction of sp³-hybridized carbons (Fsp3) is 0.357. The molecule has 0 aliphatic rings. The van der Waals surface area contributed by atoms with Crippen LogP contribution in [0, 0.1) is 12.7 Å². The highest BCUT2D eigenvalue weighted by atomic mass is 19.1. The van der Waals surface area contributed by atoms with Crippen molar-refractivity contribution in [1.29, 1.82) is 0 Å². The molecule has 18 heavy (non-hydrogen) atoms. The van der Waals surface area contributed by atoms with Crippen molar-refractivity contribution in [3.63, 3.8) is 0 Å². The average molecular weight is 247 g/mol. The lowest BCUT2D eigenvalue weighted by atomic mass is 10.1. The van der Waals surface area contributed by atoms with Gasteiger partial charge < -0.3 is 5.32 Å². The van der Waals surface area contributed by atoms with Gasteiger partial charge in [0.25, 0.3) is 0 Å². The van der Waals surface area contributed by atoms with Gasteiger partial charge in [0.15, 0.2) is 0 Å². The van der Waals surface area contributed by atoms with E-state index in [-0.39, 0.29) is 5.82 Å². The van der Waals surface area contributed by atoms with Gasteiger partial charge in [0.2, 0.25) is 0 Å². The minimum absolute atomic E-state index is 0.198. The van der Waals surface area contributed by atoms with Gasteiger partial charge in [-0.15, -0.1) is 0 Å². The number of rotatable bonds is 5. The zero-order valence-electron chi connectivity index (χ0n) is 10.8. The number of nitrogens with zero attached hydrogens (tertiary/aromatic N) is 2. The Labute approximate surface area is 107 Å². The van der Waals surface area contributed by atoms with E-state index >= 15 is 0 Å². The lowest BCUT2D eigenvalue weighted by Gasteiger charge is -2.06. The lowest BCUT2D eigenvalue weighted by Crippen LogP contribution is -2.11. The summed E-state index contributed by atoms with van der Waals surface area (Å²) in [4.78, 5) is 0. The van der Waals surface area contributed by atoms with Gasteiger partial charge in [0.05, 0.1) is 12.7 Å². The molecule has 0 amide bonds. The maximum absolute atomic E-state index is 13.2. The molecule has 96 valence electrons. The number of aromatic nitrogens is 2. The second kappa shape index (κ2) is 5.78. The van der Waals surface area contributed by atoms with Gasteiger partial charge in [-0.2, -0.15) is 5.10 Å². The van der Waals surface area contributed by atoms with E-state index in [9.17, 15) is 4.39 Å². The molecule has 1 aromatic carbocycles. The van der Waals surface area contributed by atoms with Crippen molar-refractivity contribution in [3.05, 3.63) is 53.1 Å². The Hall–Kier alpha value is -1.68. The zero-order valence-corrected chi connectivity index (χ0v) is 10.8. The molecule has 0 radical (unpaired) electrons. The summed E-state index contributed by atoms with van der Waals surface area (Å²) in [6.45, 7) is 6.42. The van der Waals surface area contributed by atoms with Crippen LogP contribution in [0.5, 0.6) is 0 Å². The van der Waals surface area contributed by atoms with E-state index in [2.05, 4.69) is 17.3 Å². The fourth-order valence-electron chi connectivity index (χ4n) is 1.84. The molecule has 0 aliphatic carbocycles. The molecule has 0 unspecified atom stereocenters. The van der Waals surface area contributed by atoms with Crippen molar-refractivity contribution < 1.29 is 4.39 Å². The van der Waals surface area contributed by atoms with Crippen molar-refractivity contribution in [2.24, 2.45) is 0 Å². The van der Waals surface area contributed by atoms with E-state index in [4.69, 9.17) is 0 Å². The number of hydrogen-bond acceptors (Lipinski definition) is 2. The van der Waals surface area contributed by atoms with Crippen molar-refractivity contribution in [1.82, 2.24) is 15.1 Å². The van der Waals surface area contributed by atoms with E-state index in [0.29, 0.717) is 6.54 Å². The third kappa shape index (κ3) is 3.17. The monoisotopic (exact) mass is 247 g/mol. The normalized spacial score (nSPS) is 10.8. The number of aryl methyl sites for hydroxylation is 1. The van der Waals surface area contributed by atoms with Crippen LogP contribution in [0.2, 0.25) is 0 Å². The van der Waals surface area contributed by atoms with Crippen LogP contribution in [0.25, 0.3) is 0 Å². The number of hydrogen-bond donors (Lipinski definition) is 1. The first-order valence-corrected chi connectivity index (χ1v) is 6.16. The molecule has 0 saturated heterocycles. The summed E-state index contributed by atoms with van der Waals surface area (Å²) in [6.07, 6.45) is 3.84. The highest BCUT2D eigenvalue weighted by Crippen LogP contribution is 2.12. The van der Waals surface area contributed by atoms with Crippen molar-refractivity contribution >= 4 is 0 Å². The minimum Gasteiger partial charge on any atom is -0.313 e. The fourth-order valence-corrected chi connectivity index (χ4v) is 1.84. The van der Waals surface area contributed by atoms with Gasteiger partial charge in [-0.3, -0.25) is 4.68 Å². The van der Waals surface area contributed by atoms with Crippen LogP contribution in [0.15, 0.2) is 30.6 Å². The summed E-state index contributed by atoms with van der Waals surface area (Å²) < 4.78 is 15.0. The smallest absolute Gasteiger partial charge is 0.123 e. The standard InChI is InChI=1S/C14H18FN3/c1-3-16-7-12-8-17-18(9-12)10-13-6-14(15)5-4-11(13)2/h4-6,8-9,16H,3,7,10H2,1-2H3. The second-order valence-electron chi connectivity index (χ2n) is 4.40. The predicted molar refractivity (Wildman–Crippen MR) is 69.8 cm³/mol. The molecule has 1 N–H and O–H groups in total. The second-order valence-corrected chi connectivity index (χ2v) is 4.40. The van der Waals surface area contributed by atoms with Crippen LogP contribution in [0.1, 0.15) is 23.6 Å². The zero-order chi connectivity index (χ0) is 13.0. The first-order chi connectivity index (χ1) is 8.69. The summed E-state index contributed by atoms with van der Waals surface area (Å²) in [6, 6.07) is 4.85. The largest absolute Gasteiger partial charge is 0.313 e. The van der Waals surface area contributed by atoms with Crippen LogP contribution in [-0.2, 0) is 13.1 Å². The molecule has 4 heteroatoms. The molecule has 0 fully saturated rings. The summed E-state index contributed by atoms with van der Waals surface area (Å²) >= 11 is 0. The summed E-state index contributed by atoms with van der Waals surface area (Å²) in [7, 11) is 0. The van der Waals surface area contributed by atoms with Gasteiger partial charge in [0, 0.05) is 18.3 Å². The highest BCUT2D eigenvalue weighted by Gasteiger charge is 2.03. The Morgan fingerprint density at radius 1 is 1.39 bits per heavy atom. The quantitative estimate of drug-likeness (QED) is 0.879. The Morgan fingerprint density at radius 3 is 3.00 bits per heavy atom.